The third-order valence-electron chi connectivity index (χ3n) is 4.25. The number of nitrogens with one attached hydrogen (secondary N) is 2. The van der Waals surface area contributed by atoms with E-state index in [1.165, 1.54) is 4.68 Å². The molecule has 26 heavy (non-hydrogen) atoms. The first kappa shape index (κ1) is 20.5. The van der Waals surface area contributed by atoms with E-state index in [0.29, 0.717) is 23.5 Å². The number of aromatic nitrogens is 2. The SMILES string of the molecule is Cc1c(C(=O)NCC2CNC2)ccc2nn(CCOC(F)(F)F)cc12.Cl. The number of ether oxygens (including phenoxy) is 1. The summed E-state index contributed by atoms with van der Waals surface area (Å²) >= 11 is 0. The molecule has 0 spiro atoms. The van der Waals surface area contributed by atoms with E-state index in [9.17, 15) is 18.0 Å². The monoisotopic (exact) mass is 392 g/mol. The largest absolute Gasteiger partial charge is 0.522 e. The molecular weight excluding hydrogens is 373 g/mol. The fourth-order valence-electron chi connectivity index (χ4n) is 2.72. The van der Waals surface area contributed by atoms with Gasteiger partial charge in [-0.05, 0) is 24.6 Å². The van der Waals surface area contributed by atoms with Gasteiger partial charge < -0.3 is 10.6 Å². The van der Waals surface area contributed by atoms with Gasteiger partial charge in [-0.15, -0.1) is 25.6 Å². The van der Waals surface area contributed by atoms with Gasteiger partial charge in [0, 0.05) is 42.7 Å². The van der Waals surface area contributed by atoms with Gasteiger partial charge in [-0.3, -0.25) is 14.2 Å². The highest BCUT2D eigenvalue weighted by Gasteiger charge is 2.28. The van der Waals surface area contributed by atoms with Crippen molar-refractivity contribution in [2.45, 2.75) is 19.8 Å². The van der Waals surface area contributed by atoms with Crippen LogP contribution in [0.1, 0.15) is 15.9 Å². The molecule has 0 saturated carbocycles. The Labute approximate surface area is 154 Å². The lowest BCUT2D eigenvalue weighted by Crippen LogP contribution is -2.48. The van der Waals surface area contributed by atoms with Gasteiger partial charge in [0.2, 0.25) is 0 Å². The number of hydrogen-bond donors (Lipinski definition) is 2. The van der Waals surface area contributed by atoms with Gasteiger partial charge in [0.25, 0.3) is 5.91 Å². The molecule has 10 heteroatoms. The van der Waals surface area contributed by atoms with E-state index < -0.39 is 13.0 Å². The average Bonchev–Trinajstić information content (AvgIpc) is 2.88. The smallest absolute Gasteiger partial charge is 0.352 e. The molecule has 1 aliphatic rings. The lowest BCUT2D eigenvalue weighted by Gasteiger charge is -2.27. The molecular formula is C16H20ClF3N4O2. The number of alkyl halides is 3. The molecule has 0 unspecified atom stereocenters. The van der Waals surface area contributed by atoms with Gasteiger partial charge in [0.15, 0.2) is 0 Å². The molecule has 1 saturated heterocycles. The maximum absolute atomic E-state index is 12.3. The van der Waals surface area contributed by atoms with Crippen molar-refractivity contribution >= 4 is 29.2 Å². The van der Waals surface area contributed by atoms with Crippen molar-refractivity contribution in [1.82, 2.24) is 20.4 Å². The van der Waals surface area contributed by atoms with Crippen LogP contribution in [-0.4, -0.2) is 48.3 Å². The normalized spacial score (nSPS) is 14.8. The summed E-state index contributed by atoms with van der Waals surface area (Å²) in [6, 6.07) is 3.39. The topological polar surface area (TPSA) is 68.2 Å². The van der Waals surface area contributed by atoms with Crippen molar-refractivity contribution < 1.29 is 22.7 Å². The summed E-state index contributed by atoms with van der Waals surface area (Å²) in [5, 5.41) is 11.0. The second-order valence-electron chi connectivity index (χ2n) is 6.09. The minimum Gasteiger partial charge on any atom is -0.352 e. The zero-order chi connectivity index (χ0) is 18.0. The zero-order valence-corrected chi connectivity index (χ0v) is 14.9. The van der Waals surface area contributed by atoms with Crippen LogP contribution in [-0.2, 0) is 11.3 Å². The van der Waals surface area contributed by atoms with E-state index >= 15 is 0 Å². The number of amides is 1. The summed E-state index contributed by atoms with van der Waals surface area (Å²) in [6.07, 6.45) is -3.01. The first-order valence-electron chi connectivity index (χ1n) is 8.00. The number of nitrogens with zero attached hydrogens (tertiary/aromatic N) is 2. The Bertz CT molecular complexity index is 775. The minimum absolute atomic E-state index is 0. The molecule has 2 aromatic rings. The van der Waals surface area contributed by atoms with Crippen LogP contribution in [0, 0.1) is 12.8 Å². The first-order valence-corrected chi connectivity index (χ1v) is 8.00. The van der Waals surface area contributed by atoms with Crippen molar-refractivity contribution in [2.75, 3.05) is 26.2 Å². The number of hydrogen-bond acceptors (Lipinski definition) is 4. The summed E-state index contributed by atoms with van der Waals surface area (Å²) in [7, 11) is 0. The van der Waals surface area contributed by atoms with Gasteiger partial charge in [-0.25, -0.2) is 0 Å². The Balaban J connectivity index is 0.00000243. The molecule has 1 aromatic heterocycles. The molecule has 2 heterocycles. The highest BCUT2D eigenvalue weighted by atomic mass is 35.5. The van der Waals surface area contributed by atoms with Crippen molar-refractivity contribution in [1.29, 1.82) is 0 Å². The fourth-order valence-corrected chi connectivity index (χ4v) is 2.72. The Morgan fingerprint density at radius 3 is 2.77 bits per heavy atom. The number of carbonyl (C=O) groups is 1. The predicted molar refractivity (Wildman–Crippen MR) is 92.4 cm³/mol. The van der Waals surface area contributed by atoms with Crippen molar-refractivity contribution in [3.8, 4) is 0 Å². The van der Waals surface area contributed by atoms with Crippen LogP contribution in [0.4, 0.5) is 13.2 Å². The number of aryl methyl sites for hydroxylation is 1. The van der Waals surface area contributed by atoms with Gasteiger partial charge in [-0.1, -0.05) is 0 Å². The van der Waals surface area contributed by atoms with E-state index in [4.69, 9.17) is 0 Å². The average molecular weight is 393 g/mol. The number of rotatable bonds is 6. The Morgan fingerprint density at radius 2 is 2.15 bits per heavy atom. The molecule has 0 aliphatic carbocycles. The van der Waals surface area contributed by atoms with Gasteiger partial charge in [0.1, 0.15) is 0 Å². The number of fused-ring (bicyclic) bond motifs is 1. The van der Waals surface area contributed by atoms with Crippen molar-refractivity contribution in [3.05, 3.63) is 29.5 Å². The highest BCUT2D eigenvalue weighted by molar-refractivity contribution is 6.00. The lowest BCUT2D eigenvalue weighted by molar-refractivity contribution is -0.325. The molecule has 1 aromatic carbocycles. The molecule has 1 aliphatic heterocycles. The first-order chi connectivity index (χ1) is 11.8. The Hall–Kier alpha value is -1.84. The molecule has 6 nitrogen and oxygen atoms in total. The zero-order valence-electron chi connectivity index (χ0n) is 14.1. The van der Waals surface area contributed by atoms with Crippen LogP contribution >= 0.6 is 12.4 Å². The molecule has 3 rings (SSSR count). The number of benzene rings is 1. The molecule has 0 radical (unpaired) electrons. The lowest BCUT2D eigenvalue weighted by atomic mass is 10.0. The van der Waals surface area contributed by atoms with Crippen LogP contribution < -0.4 is 10.6 Å². The van der Waals surface area contributed by atoms with Gasteiger partial charge >= 0.3 is 6.36 Å². The van der Waals surface area contributed by atoms with E-state index in [1.54, 1.807) is 25.3 Å². The Morgan fingerprint density at radius 1 is 1.42 bits per heavy atom. The maximum Gasteiger partial charge on any atom is 0.522 e. The second-order valence-corrected chi connectivity index (χ2v) is 6.09. The summed E-state index contributed by atoms with van der Waals surface area (Å²) in [5.41, 5.74) is 1.93. The van der Waals surface area contributed by atoms with Crippen LogP contribution in [0.25, 0.3) is 10.9 Å². The van der Waals surface area contributed by atoms with Crippen LogP contribution in [0.3, 0.4) is 0 Å². The molecule has 0 bridgehead atoms. The van der Waals surface area contributed by atoms with Gasteiger partial charge in [-0.2, -0.15) is 5.10 Å². The summed E-state index contributed by atoms with van der Waals surface area (Å²) in [6.45, 7) is 3.71. The van der Waals surface area contributed by atoms with E-state index in [-0.39, 0.29) is 24.9 Å². The standard InChI is InChI=1S/C16H19F3N4O2.ClH/c1-10-12(15(24)21-8-11-6-20-7-11)2-3-14-13(10)9-23(22-14)4-5-25-16(17,18)19;/h2-3,9,11,20H,4-8H2,1H3,(H,21,24);1H. The van der Waals surface area contributed by atoms with Crippen molar-refractivity contribution in [3.63, 3.8) is 0 Å². The van der Waals surface area contributed by atoms with Crippen LogP contribution in [0.5, 0.6) is 0 Å². The van der Waals surface area contributed by atoms with Crippen molar-refractivity contribution in [2.24, 2.45) is 5.92 Å². The molecule has 2 N–H and O–H groups in total. The summed E-state index contributed by atoms with van der Waals surface area (Å²) < 4.78 is 41.2. The molecule has 0 atom stereocenters. The Kier molecular flexibility index (Phi) is 6.48. The highest BCUT2D eigenvalue weighted by Crippen LogP contribution is 2.21. The van der Waals surface area contributed by atoms with E-state index in [2.05, 4.69) is 20.5 Å². The predicted octanol–water partition coefficient (Wildman–Crippen LogP) is 2.25. The molecule has 1 amide bonds. The second kappa shape index (κ2) is 8.24. The molecule has 144 valence electrons. The van der Waals surface area contributed by atoms with Crippen LogP contribution in [0.2, 0.25) is 0 Å². The third-order valence-corrected chi connectivity index (χ3v) is 4.25. The van der Waals surface area contributed by atoms with E-state index in [1.807, 2.05) is 0 Å². The van der Waals surface area contributed by atoms with Crippen LogP contribution in [0.15, 0.2) is 18.3 Å². The minimum atomic E-state index is -4.65. The maximum atomic E-state index is 12.3. The number of carbonyl (C=O) groups excluding carboxylic acids is 1. The quantitative estimate of drug-likeness (QED) is 0.791. The molecule has 1 fully saturated rings. The van der Waals surface area contributed by atoms with Gasteiger partial charge in [0.05, 0.1) is 18.7 Å². The summed E-state index contributed by atoms with van der Waals surface area (Å²) in [5.74, 6) is 0.309. The van der Waals surface area contributed by atoms with E-state index in [0.717, 1.165) is 24.0 Å². The fraction of sp³-hybridized carbons (Fsp3) is 0.500. The summed E-state index contributed by atoms with van der Waals surface area (Å²) in [4.78, 5) is 12.3. The third kappa shape index (κ3) is 4.87. The number of halogens is 4.